The third-order valence-electron chi connectivity index (χ3n) is 4.25. The van der Waals surface area contributed by atoms with Gasteiger partial charge < -0.3 is 0 Å². The summed E-state index contributed by atoms with van der Waals surface area (Å²) in [5, 5.41) is 4.14. The van der Waals surface area contributed by atoms with Gasteiger partial charge in [-0.05, 0) is 36.2 Å². The van der Waals surface area contributed by atoms with Gasteiger partial charge in [0, 0.05) is 18.6 Å². The van der Waals surface area contributed by atoms with Gasteiger partial charge in [0.15, 0.2) is 11.6 Å². The molecule has 2 heterocycles. The molecule has 1 atom stereocenters. The average Bonchev–Trinajstić information content (AvgIpc) is 3.10. The first-order chi connectivity index (χ1) is 11.9. The number of hydrogen-bond donors (Lipinski definition) is 0. The molecule has 1 aliphatic heterocycles. The summed E-state index contributed by atoms with van der Waals surface area (Å²) in [6, 6.07) is 5.55. The van der Waals surface area contributed by atoms with E-state index in [0.29, 0.717) is 24.2 Å². The van der Waals surface area contributed by atoms with E-state index in [1.165, 1.54) is 22.8 Å². The van der Waals surface area contributed by atoms with Crippen LogP contribution >= 0.6 is 0 Å². The highest BCUT2D eigenvalue weighted by atomic mass is 19.2. The second-order valence-electron chi connectivity index (χ2n) is 5.84. The first kappa shape index (κ1) is 15.6. The molecule has 0 saturated heterocycles. The lowest BCUT2D eigenvalue weighted by molar-refractivity contribution is 0.506. The fraction of sp³-hybridized carbons (Fsp3) is 0.176. The van der Waals surface area contributed by atoms with Crippen LogP contribution in [0.4, 0.5) is 17.6 Å². The zero-order valence-electron chi connectivity index (χ0n) is 12.7. The van der Waals surface area contributed by atoms with Crippen LogP contribution in [0.3, 0.4) is 0 Å². The van der Waals surface area contributed by atoms with Crippen molar-refractivity contribution in [3.05, 3.63) is 81.5 Å². The molecule has 4 rings (SSSR count). The molecule has 128 valence electrons. The van der Waals surface area contributed by atoms with Crippen molar-refractivity contribution in [2.75, 3.05) is 0 Å². The van der Waals surface area contributed by atoms with Crippen LogP contribution in [0.15, 0.2) is 41.2 Å². The van der Waals surface area contributed by atoms with Crippen LogP contribution in [-0.2, 0) is 6.42 Å². The molecular formula is C17H11F4N3O. The lowest BCUT2D eigenvalue weighted by Gasteiger charge is -2.12. The van der Waals surface area contributed by atoms with Crippen LogP contribution in [-0.4, -0.2) is 14.3 Å². The number of hydrogen-bond acceptors (Lipinski definition) is 2. The molecule has 25 heavy (non-hydrogen) atoms. The monoisotopic (exact) mass is 349 g/mol. The smallest absolute Gasteiger partial charge is 0.271 e. The van der Waals surface area contributed by atoms with E-state index >= 15 is 0 Å². The number of benzene rings is 2. The number of aryl methyl sites for hydroxylation is 1. The summed E-state index contributed by atoms with van der Waals surface area (Å²) in [6.07, 6.45) is 0.897. The molecule has 8 heteroatoms. The summed E-state index contributed by atoms with van der Waals surface area (Å²) >= 11 is 0. The van der Waals surface area contributed by atoms with Crippen molar-refractivity contribution >= 4 is 0 Å². The second-order valence-corrected chi connectivity index (χ2v) is 5.84. The van der Waals surface area contributed by atoms with Crippen molar-refractivity contribution in [3.63, 3.8) is 0 Å². The molecule has 0 amide bonds. The van der Waals surface area contributed by atoms with Crippen molar-refractivity contribution in [2.24, 2.45) is 0 Å². The Morgan fingerprint density at radius 2 is 1.68 bits per heavy atom. The number of fused-ring (bicyclic) bond motifs is 1. The van der Waals surface area contributed by atoms with Gasteiger partial charge in [-0.3, -0.25) is 4.57 Å². The molecule has 0 aliphatic carbocycles. The highest BCUT2D eigenvalue weighted by Gasteiger charge is 2.30. The Bertz CT molecular complexity index is 1020. The van der Waals surface area contributed by atoms with Gasteiger partial charge in [-0.15, -0.1) is 5.10 Å². The van der Waals surface area contributed by atoms with Crippen molar-refractivity contribution < 1.29 is 17.6 Å². The van der Waals surface area contributed by atoms with Crippen molar-refractivity contribution in [3.8, 4) is 5.69 Å². The fourth-order valence-electron chi connectivity index (χ4n) is 3.17. The molecule has 0 radical (unpaired) electrons. The molecular weight excluding hydrogens is 338 g/mol. The van der Waals surface area contributed by atoms with Gasteiger partial charge in [0.05, 0.1) is 11.7 Å². The van der Waals surface area contributed by atoms with E-state index < -0.39 is 35.0 Å². The zero-order valence-corrected chi connectivity index (χ0v) is 12.7. The summed E-state index contributed by atoms with van der Waals surface area (Å²) in [6.45, 7) is 0. The molecule has 3 aromatic rings. The van der Waals surface area contributed by atoms with Crippen LogP contribution < -0.4 is 5.69 Å². The molecule has 4 nitrogen and oxygen atoms in total. The van der Waals surface area contributed by atoms with Gasteiger partial charge in [0.1, 0.15) is 17.5 Å². The van der Waals surface area contributed by atoms with Crippen molar-refractivity contribution in [1.29, 1.82) is 0 Å². The van der Waals surface area contributed by atoms with E-state index in [0.717, 1.165) is 22.9 Å². The average molecular weight is 349 g/mol. The number of halogens is 4. The number of rotatable bonds is 2. The van der Waals surface area contributed by atoms with Crippen LogP contribution in [0.5, 0.6) is 0 Å². The summed E-state index contributed by atoms with van der Waals surface area (Å²) < 4.78 is 55.8. The van der Waals surface area contributed by atoms with E-state index in [-0.39, 0.29) is 5.69 Å². The molecule has 0 spiro atoms. The van der Waals surface area contributed by atoms with E-state index in [1.807, 2.05) is 0 Å². The minimum absolute atomic E-state index is 0.0787. The first-order valence-corrected chi connectivity index (χ1v) is 7.56. The maximum absolute atomic E-state index is 13.5. The Morgan fingerprint density at radius 3 is 2.36 bits per heavy atom. The van der Waals surface area contributed by atoms with Gasteiger partial charge in [0.2, 0.25) is 0 Å². The SMILES string of the molecule is O=c1n(-c2ccc(F)c(F)c2)nc2n1[C@H](c1cc(F)cc(F)c1)CC2. The van der Waals surface area contributed by atoms with Gasteiger partial charge >= 0.3 is 5.69 Å². The number of nitrogens with zero attached hydrogens (tertiary/aromatic N) is 3. The molecule has 0 fully saturated rings. The highest BCUT2D eigenvalue weighted by Crippen LogP contribution is 2.30. The first-order valence-electron chi connectivity index (χ1n) is 7.56. The molecule has 0 saturated carbocycles. The molecule has 0 N–H and O–H groups in total. The summed E-state index contributed by atoms with van der Waals surface area (Å²) in [7, 11) is 0. The summed E-state index contributed by atoms with van der Waals surface area (Å²) in [5.74, 6) is -3.17. The Morgan fingerprint density at radius 1 is 0.960 bits per heavy atom. The predicted molar refractivity (Wildman–Crippen MR) is 80.6 cm³/mol. The number of aromatic nitrogens is 3. The lowest BCUT2D eigenvalue weighted by Crippen LogP contribution is -2.26. The Balaban J connectivity index is 1.82. The molecule has 1 aliphatic rings. The van der Waals surface area contributed by atoms with Crippen molar-refractivity contribution in [1.82, 2.24) is 14.3 Å². The highest BCUT2D eigenvalue weighted by molar-refractivity contribution is 5.32. The quantitative estimate of drug-likeness (QED) is 0.667. The third kappa shape index (κ3) is 2.54. The molecule has 0 bridgehead atoms. The predicted octanol–water partition coefficient (Wildman–Crippen LogP) is 3.13. The van der Waals surface area contributed by atoms with Crippen LogP contribution in [0.1, 0.15) is 23.9 Å². The standard InChI is InChI=1S/C17H11F4N3O/c18-10-5-9(6-11(19)7-10)15-3-4-16-22-24(17(25)23(15)16)12-1-2-13(20)14(21)8-12/h1-2,5-8,15H,3-4H2/t15-/m0/s1. The summed E-state index contributed by atoms with van der Waals surface area (Å²) in [5.41, 5.74) is -0.175. The van der Waals surface area contributed by atoms with E-state index in [4.69, 9.17) is 0 Å². The maximum atomic E-state index is 13.5. The van der Waals surface area contributed by atoms with E-state index in [2.05, 4.69) is 5.10 Å². The van der Waals surface area contributed by atoms with E-state index in [1.54, 1.807) is 0 Å². The zero-order chi connectivity index (χ0) is 17.7. The fourth-order valence-corrected chi connectivity index (χ4v) is 3.17. The van der Waals surface area contributed by atoms with Gasteiger partial charge in [-0.2, -0.15) is 4.68 Å². The van der Waals surface area contributed by atoms with Crippen LogP contribution in [0.25, 0.3) is 5.69 Å². The van der Waals surface area contributed by atoms with Crippen LogP contribution in [0.2, 0.25) is 0 Å². The Labute approximate surface area is 138 Å². The summed E-state index contributed by atoms with van der Waals surface area (Å²) in [4.78, 5) is 12.7. The molecule has 2 aromatic carbocycles. The molecule has 1 aromatic heterocycles. The largest absolute Gasteiger partial charge is 0.351 e. The minimum Gasteiger partial charge on any atom is -0.271 e. The minimum atomic E-state index is -1.10. The van der Waals surface area contributed by atoms with Crippen LogP contribution in [0, 0.1) is 23.3 Å². The van der Waals surface area contributed by atoms with Crippen molar-refractivity contribution in [2.45, 2.75) is 18.9 Å². The Hall–Kier alpha value is -2.90. The second kappa shape index (κ2) is 5.58. The van der Waals surface area contributed by atoms with Gasteiger partial charge in [-0.1, -0.05) is 0 Å². The third-order valence-corrected chi connectivity index (χ3v) is 4.25. The van der Waals surface area contributed by atoms with Gasteiger partial charge in [-0.25, -0.2) is 22.4 Å². The van der Waals surface area contributed by atoms with E-state index in [9.17, 15) is 22.4 Å². The molecule has 0 unspecified atom stereocenters. The van der Waals surface area contributed by atoms with Gasteiger partial charge in [0.25, 0.3) is 0 Å². The maximum Gasteiger partial charge on any atom is 0.351 e. The Kier molecular flexibility index (Phi) is 3.48. The normalized spacial score (nSPS) is 16.2. The topological polar surface area (TPSA) is 39.8 Å². The lowest BCUT2D eigenvalue weighted by atomic mass is 10.0.